The summed E-state index contributed by atoms with van der Waals surface area (Å²) >= 11 is 0. The molecule has 1 aromatic rings. The SMILES string of the molecule is Cc1ccc(/C=C/C(=O)OC2C(C)OC(OC(=O)[C@@H]3CC(C)(C)C[C@@H]4C3[C@H](O)C[C@]3(C)C4C=C[C@@H]4[C@@]5(C)CC[C@H](OC6OC(OC=O)C(O)C(OC7OCC(O)C(O)C7O)C6OC6OC(CO)C(O)C(O)C6O)[C@@](C)(C=O)[C@@H]5CC[C@]43C)C(OC3OC(C)C(O)C(O)C3O)C2O)cc1. The Hall–Kier alpha value is -4.10. The third kappa shape index (κ3) is 13.5. The molecule has 29 nitrogen and oxygen atoms in total. The Balaban J connectivity index is 0.848. The standard InChI is InChI=1S/C69H100O29/c1-29-10-12-32(13-11-29)14-17-42(75)93-54-31(3)90-63(56(52(54)84)95-61-50(82)47(79)44(76)30(2)89-61)97-58(86)34-23-65(4,5)22-33-35-15-16-40-66(6)20-19-41(67(7,27-71)39(66)18-21-68(40,8)69(35,9)24-36(73)43(33)34)92-64-57(96-62-51(83)48(80)46(78)38(25-70)91-62)55(53(85)60(98-64)88-28-72)94-59-49(81)45(77)37(74)26-87-59/h10-17,27-28,30-31,33-41,43-57,59-64,70,73-74,76-85H,18-26H2,1-9H3/b17-14+/t30?,31?,33-,34+,35?,36+,37?,38?,39+,40+,41-,43?,44?,45?,46?,47?,48?,49?,50?,51?,52?,53?,54?,55?,56?,57?,59?,60?,61?,62?,63?,64?,66-,67-,68+,69+/m0/s1. The monoisotopic (exact) mass is 1390 g/mol. The summed E-state index contributed by atoms with van der Waals surface area (Å²) in [7, 11) is 0. The molecular formula is C69H100O29. The lowest BCUT2D eigenvalue weighted by Gasteiger charge is -2.71. The second-order valence-electron chi connectivity index (χ2n) is 31.0. The summed E-state index contributed by atoms with van der Waals surface area (Å²) in [5.41, 5.74) is -2.00. The highest BCUT2D eigenvalue weighted by molar-refractivity contribution is 5.87. The molecule has 5 saturated heterocycles. The van der Waals surface area contributed by atoms with Crippen LogP contribution in [0.1, 0.15) is 111 Å². The molecule has 11 rings (SSSR count). The van der Waals surface area contributed by atoms with E-state index in [0.717, 1.165) is 11.8 Å². The van der Waals surface area contributed by atoms with E-state index in [9.17, 15) is 80.8 Å². The van der Waals surface area contributed by atoms with E-state index in [1.165, 1.54) is 26.0 Å². The average Bonchev–Trinajstić information content (AvgIpc) is 0.677. The van der Waals surface area contributed by atoms with Crippen LogP contribution in [0.5, 0.6) is 0 Å². The van der Waals surface area contributed by atoms with Crippen LogP contribution < -0.4 is 0 Å². The highest BCUT2D eigenvalue weighted by Gasteiger charge is 2.71. The summed E-state index contributed by atoms with van der Waals surface area (Å²) in [5, 5.41) is 144. The first-order chi connectivity index (χ1) is 46.1. The zero-order valence-electron chi connectivity index (χ0n) is 56.5. The highest BCUT2D eigenvalue weighted by Crippen LogP contribution is 2.75. The van der Waals surface area contributed by atoms with E-state index in [0.29, 0.717) is 31.2 Å². The molecule has 9 fully saturated rings. The molecule has 10 aliphatic rings. The summed E-state index contributed by atoms with van der Waals surface area (Å²) in [6, 6.07) is 7.35. The topological polar surface area (TPSA) is 442 Å². The lowest BCUT2D eigenvalue weighted by molar-refractivity contribution is -0.410. The maximum Gasteiger partial charge on any atom is 0.331 e. The van der Waals surface area contributed by atoms with Gasteiger partial charge in [0.2, 0.25) is 12.6 Å². The Morgan fingerprint density at radius 2 is 1.22 bits per heavy atom. The summed E-state index contributed by atoms with van der Waals surface area (Å²) in [5.74, 6) is -4.37. The molecule has 5 aliphatic heterocycles. The largest absolute Gasteiger partial charge is 0.454 e. The molecule has 29 heteroatoms. The number of aldehydes is 1. The Morgan fingerprint density at radius 3 is 1.90 bits per heavy atom. The molecule has 26 unspecified atom stereocenters. The zero-order chi connectivity index (χ0) is 71.2. The summed E-state index contributed by atoms with van der Waals surface area (Å²) in [6.45, 7) is 15.9. The molecule has 5 aliphatic carbocycles. The summed E-state index contributed by atoms with van der Waals surface area (Å²) in [6.07, 6.45) is -32.8. The molecule has 98 heavy (non-hydrogen) atoms. The van der Waals surface area contributed by atoms with Crippen molar-refractivity contribution in [1.82, 2.24) is 0 Å². The van der Waals surface area contributed by atoms with Crippen LogP contribution in [0.25, 0.3) is 6.08 Å². The number of esters is 2. The van der Waals surface area contributed by atoms with E-state index >= 15 is 4.79 Å². The van der Waals surface area contributed by atoms with Gasteiger partial charge >= 0.3 is 11.9 Å². The second-order valence-corrected chi connectivity index (χ2v) is 31.0. The molecule has 550 valence electrons. The molecule has 5 heterocycles. The molecule has 1 aromatic carbocycles. The number of rotatable bonds is 17. The number of aliphatic hydroxyl groups excluding tert-OH is 13. The molecule has 4 saturated carbocycles. The predicted molar refractivity (Wildman–Crippen MR) is 332 cm³/mol. The fraction of sp³-hybridized carbons (Fsp3) is 0.797. The fourth-order valence-corrected chi connectivity index (χ4v) is 18.9. The van der Waals surface area contributed by atoms with Gasteiger partial charge in [0.05, 0.1) is 49.0 Å². The van der Waals surface area contributed by atoms with E-state index in [1.54, 1.807) is 6.92 Å². The van der Waals surface area contributed by atoms with Gasteiger partial charge in [0.15, 0.2) is 37.4 Å². The van der Waals surface area contributed by atoms with Gasteiger partial charge in [0.25, 0.3) is 6.47 Å². The van der Waals surface area contributed by atoms with Crippen LogP contribution in [0, 0.1) is 69.5 Å². The number of allylic oxidation sites excluding steroid dienone is 2. The van der Waals surface area contributed by atoms with E-state index in [-0.39, 0.29) is 43.5 Å². The second kappa shape index (κ2) is 28.9. The van der Waals surface area contributed by atoms with Crippen molar-refractivity contribution in [3.63, 3.8) is 0 Å². The third-order valence-electron chi connectivity index (χ3n) is 24.4. The van der Waals surface area contributed by atoms with E-state index < -0.39 is 230 Å². The third-order valence-corrected chi connectivity index (χ3v) is 24.4. The van der Waals surface area contributed by atoms with Crippen molar-refractivity contribution in [2.24, 2.45) is 62.6 Å². The number of aryl methyl sites for hydroxylation is 1. The molecule has 0 spiro atoms. The molecule has 0 bridgehead atoms. The lowest BCUT2D eigenvalue weighted by Crippen LogP contribution is -2.69. The van der Waals surface area contributed by atoms with Crippen LogP contribution >= 0.6 is 0 Å². The number of hydrogen-bond donors (Lipinski definition) is 13. The van der Waals surface area contributed by atoms with Gasteiger partial charge in [-0.15, -0.1) is 0 Å². The van der Waals surface area contributed by atoms with Crippen molar-refractivity contribution in [3.05, 3.63) is 53.6 Å². The lowest BCUT2D eigenvalue weighted by atomic mass is 9.33. The van der Waals surface area contributed by atoms with Crippen molar-refractivity contribution in [2.75, 3.05) is 13.2 Å². The number of fused-ring (bicyclic) bond motifs is 7. The number of ether oxygens (including phenoxy) is 12. The fourth-order valence-electron chi connectivity index (χ4n) is 18.9. The van der Waals surface area contributed by atoms with Crippen LogP contribution in [0.15, 0.2) is 42.5 Å². The maximum absolute atomic E-state index is 15.3. The minimum atomic E-state index is -2.03. The van der Waals surface area contributed by atoms with E-state index in [2.05, 4.69) is 46.8 Å². The molecule has 36 atom stereocenters. The van der Waals surface area contributed by atoms with Crippen LogP contribution in [-0.2, 0) is 76.0 Å². The quantitative estimate of drug-likeness (QED) is 0.0223. The van der Waals surface area contributed by atoms with E-state index in [1.807, 2.05) is 31.2 Å². The Kier molecular flexibility index (Phi) is 22.1. The van der Waals surface area contributed by atoms with Crippen molar-refractivity contribution in [3.8, 4) is 0 Å². The van der Waals surface area contributed by atoms with Gasteiger partial charge in [-0.2, -0.15) is 0 Å². The number of hydrogen-bond acceptors (Lipinski definition) is 29. The Morgan fingerprint density at radius 1 is 0.582 bits per heavy atom. The first kappa shape index (κ1) is 75.1. The molecule has 13 N–H and O–H groups in total. The maximum atomic E-state index is 15.3. The van der Waals surface area contributed by atoms with Gasteiger partial charge in [-0.1, -0.05) is 83.5 Å². The van der Waals surface area contributed by atoms with Gasteiger partial charge < -0.3 is 128 Å². The average molecular weight is 1390 g/mol. The van der Waals surface area contributed by atoms with Crippen LogP contribution in [0.4, 0.5) is 0 Å². The zero-order valence-corrected chi connectivity index (χ0v) is 56.5. The van der Waals surface area contributed by atoms with Gasteiger partial charge in [-0.3, -0.25) is 9.59 Å². The van der Waals surface area contributed by atoms with Crippen LogP contribution in [-0.4, -0.2) is 264 Å². The van der Waals surface area contributed by atoms with Gasteiger partial charge in [-0.05, 0) is 123 Å². The Bertz CT molecular complexity index is 3030. The molecule has 0 aromatic heterocycles. The van der Waals surface area contributed by atoms with Crippen molar-refractivity contribution >= 4 is 30.8 Å². The van der Waals surface area contributed by atoms with E-state index in [4.69, 9.17) is 56.8 Å². The molecule has 0 radical (unpaired) electrons. The van der Waals surface area contributed by atoms with Crippen molar-refractivity contribution in [2.45, 2.75) is 267 Å². The molecule has 0 amide bonds. The minimum Gasteiger partial charge on any atom is -0.454 e. The molecular weight excluding hydrogens is 1290 g/mol. The van der Waals surface area contributed by atoms with Gasteiger partial charge in [-0.25, -0.2) is 4.79 Å². The Labute approximate surface area is 567 Å². The first-order valence-electron chi connectivity index (χ1n) is 34.2. The van der Waals surface area contributed by atoms with Gasteiger partial charge in [0.1, 0.15) is 91.7 Å². The summed E-state index contributed by atoms with van der Waals surface area (Å²) < 4.78 is 72.1. The number of carbonyl (C=O) groups is 4. The highest BCUT2D eigenvalue weighted by atomic mass is 16.8. The first-order valence-corrected chi connectivity index (χ1v) is 34.2. The van der Waals surface area contributed by atoms with Crippen molar-refractivity contribution < 1.29 is 142 Å². The smallest absolute Gasteiger partial charge is 0.331 e. The predicted octanol–water partition coefficient (Wildman–Crippen LogP) is -0.944. The number of carbonyl (C=O) groups excluding carboxylic acids is 4. The number of benzene rings is 1. The normalized spacial score (nSPS) is 50.8. The number of aliphatic hydroxyl groups is 13. The van der Waals surface area contributed by atoms with Crippen LogP contribution in [0.2, 0.25) is 0 Å². The van der Waals surface area contributed by atoms with Crippen molar-refractivity contribution in [1.29, 1.82) is 0 Å². The van der Waals surface area contributed by atoms with Gasteiger partial charge in [0, 0.05) is 12.0 Å². The summed E-state index contributed by atoms with van der Waals surface area (Å²) in [4.78, 5) is 54.8. The minimum absolute atomic E-state index is 0.0222. The van der Waals surface area contributed by atoms with Crippen LogP contribution in [0.3, 0.4) is 0 Å².